The maximum absolute atomic E-state index is 7.74. The van der Waals surface area contributed by atoms with Gasteiger partial charge in [0.05, 0.1) is 24.4 Å². The van der Waals surface area contributed by atoms with E-state index < -0.39 is 16.6 Å². The summed E-state index contributed by atoms with van der Waals surface area (Å²) in [7, 11) is -4.74. The second kappa shape index (κ2) is 19.5. The molecule has 3 rings (SSSR count). The fourth-order valence-corrected chi connectivity index (χ4v) is 13.2. The number of allylic oxidation sites excluding steroid dienone is 1. The summed E-state index contributed by atoms with van der Waals surface area (Å²) in [6, 6.07) is 22.1. The average molecular weight is 803 g/mol. The van der Waals surface area contributed by atoms with Gasteiger partial charge < -0.3 is 13.6 Å². The van der Waals surface area contributed by atoms with Crippen molar-refractivity contribution in [2.24, 2.45) is 0 Å². The molecule has 48 heavy (non-hydrogen) atoms. The van der Waals surface area contributed by atoms with Gasteiger partial charge in [-0.25, -0.2) is 0 Å². The lowest BCUT2D eigenvalue weighted by Crippen LogP contribution is -2.69. The van der Waals surface area contributed by atoms with Crippen LogP contribution in [0.1, 0.15) is 119 Å². The molecule has 268 valence electrons. The van der Waals surface area contributed by atoms with Gasteiger partial charge in [0, 0.05) is 0 Å². The van der Waals surface area contributed by atoms with Crippen LogP contribution in [0.25, 0.3) is 0 Å². The molecule has 1 saturated heterocycles. The molecule has 0 aromatic heterocycles. The molecule has 0 radical (unpaired) electrons. The number of halogens is 1. The lowest BCUT2D eigenvalue weighted by Gasteiger charge is -2.49. The van der Waals surface area contributed by atoms with E-state index in [1.165, 1.54) is 55.3 Å². The summed E-state index contributed by atoms with van der Waals surface area (Å²) in [6.45, 7) is 21.1. The number of unbranched alkanes of at least 4 members (excludes halogenated alkanes) is 7. The van der Waals surface area contributed by atoms with Crippen molar-refractivity contribution in [2.45, 2.75) is 167 Å². The minimum atomic E-state index is -2.73. The van der Waals surface area contributed by atoms with Crippen LogP contribution in [-0.2, 0) is 13.6 Å². The largest absolute Gasteiger partial charge is 0.408 e. The summed E-state index contributed by atoms with van der Waals surface area (Å²) >= 11 is 2.34. The third kappa shape index (κ3) is 11.5. The van der Waals surface area contributed by atoms with E-state index in [1.807, 2.05) is 0 Å². The molecule has 3 nitrogen and oxygen atoms in total. The number of hydrogen-bond donors (Lipinski definition) is 0. The Bertz CT molecular complexity index is 1190. The van der Waals surface area contributed by atoms with E-state index in [0.29, 0.717) is 0 Å². The highest BCUT2D eigenvalue weighted by Gasteiger charge is 2.53. The maximum atomic E-state index is 7.74. The molecule has 0 spiro atoms. The van der Waals surface area contributed by atoms with Crippen LogP contribution in [0.4, 0.5) is 0 Å². The topological polar surface area (TPSA) is 27.7 Å². The van der Waals surface area contributed by atoms with Crippen LogP contribution >= 0.6 is 22.6 Å². The minimum absolute atomic E-state index is 0.00525. The Hall–Kier alpha value is -1.04. The van der Waals surface area contributed by atoms with E-state index in [9.17, 15) is 0 Å². The van der Waals surface area contributed by atoms with E-state index in [-0.39, 0.29) is 34.5 Å². The SMILES string of the molecule is CCCCCCCCC/C=C\C[C@H]1O[C@@H]([C@@H](/C=C/I)O[Si](C)(C)C(C)(C)C)CC[C@H]1O[Si](c1ccccc1)(c1ccccc1)C(C)(C)C. The highest BCUT2D eigenvalue weighted by Crippen LogP contribution is 2.42. The Morgan fingerprint density at radius 3 is 1.88 bits per heavy atom. The lowest BCUT2D eigenvalue weighted by atomic mass is 9.96. The molecular formula is C42H67IO3Si2. The van der Waals surface area contributed by atoms with E-state index in [1.54, 1.807) is 0 Å². The molecule has 2 aromatic rings. The second-order valence-electron chi connectivity index (χ2n) is 16.4. The summed E-state index contributed by atoms with van der Waals surface area (Å²) < 4.78 is 24.1. The Morgan fingerprint density at radius 1 is 0.792 bits per heavy atom. The van der Waals surface area contributed by atoms with Gasteiger partial charge in [-0.15, -0.1) is 0 Å². The number of benzene rings is 2. The van der Waals surface area contributed by atoms with E-state index in [2.05, 4.69) is 167 Å². The van der Waals surface area contributed by atoms with Crippen LogP contribution in [-0.4, -0.2) is 41.1 Å². The smallest absolute Gasteiger partial charge is 0.261 e. The van der Waals surface area contributed by atoms with E-state index >= 15 is 0 Å². The van der Waals surface area contributed by atoms with Crippen molar-refractivity contribution in [1.82, 2.24) is 0 Å². The molecule has 0 saturated carbocycles. The van der Waals surface area contributed by atoms with Crippen molar-refractivity contribution >= 4 is 49.6 Å². The van der Waals surface area contributed by atoms with Crippen LogP contribution in [0.3, 0.4) is 0 Å². The molecule has 1 fully saturated rings. The van der Waals surface area contributed by atoms with Crippen LogP contribution in [0.5, 0.6) is 0 Å². The molecule has 0 N–H and O–H groups in total. The zero-order valence-electron chi connectivity index (χ0n) is 31.8. The van der Waals surface area contributed by atoms with Gasteiger partial charge in [-0.3, -0.25) is 0 Å². The first-order valence-electron chi connectivity index (χ1n) is 18.8. The van der Waals surface area contributed by atoms with Crippen LogP contribution in [0.2, 0.25) is 23.2 Å². The third-order valence-electron chi connectivity index (χ3n) is 10.6. The lowest BCUT2D eigenvalue weighted by molar-refractivity contribution is -0.134. The zero-order valence-corrected chi connectivity index (χ0v) is 35.9. The minimum Gasteiger partial charge on any atom is -0.408 e. The molecule has 2 aromatic carbocycles. The van der Waals surface area contributed by atoms with Crippen molar-refractivity contribution in [3.63, 3.8) is 0 Å². The number of rotatable bonds is 18. The standard InChI is InChI=1S/C42H67IO3Si2/c1-10-11-12-13-14-15-16-17-18-25-30-37-39(32-31-38(44-37)40(33-34-43)45-47(8,9)41(2,3)4)46-48(42(5,6)7,35-26-21-19-22-27-35)36-28-23-20-24-29-36/h18-29,33-34,37-40H,10-17,30-32H2,1-9H3/b25-18-,34-33+/t37-,38-,39-,40-/m1/s1. The van der Waals surface area contributed by atoms with Gasteiger partial charge in [-0.05, 0) is 75.8 Å². The number of ether oxygens (including phenoxy) is 1. The maximum Gasteiger partial charge on any atom is 0.261 e. The molecule has 0 aliphatic carbocycles. The first-order chi connectivity index (χ1) is 22.8. The van der Waals surface area contributed by atoms with Crippen molar-refractivity contribution in [3.8, 4) is 0 Å². The van der Waals surface area contributed by atoms with Gasteiger partial charge >= 0.3 is 0 Å². The molecule has 0 amide bonds. The summed E-state index contributed by atoms with van der Waals surface area (Å²) in [4.78, 5) is 0. The summed E-state index contributed by atoms with van der Waals surface area (Å²) in [5.41, 5.74) is 0. The predicted octanol–water partition coefficient (Wildman–Crippen LogP) is 11.9. The van der Waals surface area contributed by atoms with Crippen molar-refractivity contribution < 1.29 is 13.6 Å². The second-order valence-corrected chi connectivity index (χ2v) is 26.1. The molecule has 0 bridgehead atoms. The first kappa shape index (κ1) is 41.4. The predicted molar refractivity (Wildman–Crippen MR) is 222 cm³/mol. The fraction of sp³-hybridized carbons (Fsp3) is 0.619. The first-order valence-corrected chi connectivity index (χ1v) is 24.9. The Balaban J connectivity index is 1.91. The van der Waals surface area contributed by atoms with Gasteiger partial charge in [0.1, 0.15) is 0 Å². The molecule has 1 aliphatic rings. The molecule has 1 heterocycles. The quantitative estimate of drug-likeness (QED) is 0.0650. The van der Waals surface area contributed by atoms with E-state index in [0.717, 1.165) is 25.7 Å². The monoisotopic (exact) mass is 802 g/mol. The summed E-state index contributed by atoms with van der Waals surface area (Å²) in [6.07, 6.45) is 20.2. The normalized spacial score (nSPS) is 20.5. The molecular weight excluding hydrogens is 736 g/mol. The van der Waals surface area contributed by atoms with Crippen molar-refractivity contribution in [3.05, 3.63) is 83.0 Å². The summed E-state index contributed by atoms with van der Waals surface area (Å²) in [5, 5.41) is 2.70. The van der Waals surface area contributed by atoms with Gasteiger partial charge in [0.15, 0.2) is 8.32 Å². The summed E-state index contributed by atoms with van der Waals surface area (Å²) in [5.74, 6) is 0. The van der Waals surface area contributed by atoms with Gasteiger partial charge in [0.2, 0.25) is 0 Å². The van der Waals surface area contributed by atoms with Gasteiger partial charge in [-0.1, -0.05) is 182 Å². The van der Waals surface area contributed by atoms with Crippen LogP contribution < -0.4 is 10.4 Å². The fourth-order valence-electron chi connectivity index (χ4n) is 6.79. The highest BCUT2D eigenvalue weighted by molar-refractivity contribution is 14.1. The number of hydrogen-bond acceptors (Lipinski definition) is 3. The molecule has 1 aliphatic heterocycles. The molecule has 6 heteroatoms. The Labute approximate surface area is 311 Å². The molecule has 4 atom stereocenters. The van der Waals surface area contributed by atoms with Crippen LogP contribution in [0, 0.1) is 0 Å². The van der Waals surface area contributed by atoms with Crippen molar-refractivity contribution in [2.75, 3.05) is 0 Å². The van der Waals surface area contributed by atoms with Crippen LogP contribution in [0.15, 0.2) is 83.0 Å². The zero-order chi connectivity index (χ0) is 35.3. The van der Waals surface area contributed by atoms with Gasteiger partial charge in [0.25, 0.3) is 8.32 Å². The van der Waals surface area contributed by atoms with Gasteiger partial charge in [-0.2, -0.15) is 0 Å². The Morgan fingerprint density at radius 2 is 1.35 bits per heavy atom. The average Bonchev–Trinajstić information content (AvgIpc) is 3.04. The molecule has 0 unspecified atom stereocenters. The third-order valence-corrected chi connectivity index (χ3v) is 20.6. The Kier molecular flexibility index (Phi) is 16.8. The van der Waals surface area contributed by atoms with E-state index in [4.69, 9.17) is 13.6 Å². The van der Waals surface area contributed by atoms with Crippen molar-refractivity contribution in [1.29, 1.82) is 0 Å². The highest BCUT2D eigenvalue weighted by atomic mass is 127.